The van der Waals surface area contributed by atoms with Crippen molar-refractivity contribution in [3.63, 3.8) is 0 Å². The molecule has 0 fully saturated rings. The molecule has 0 atom stereocenters. The zero-order valence-corrected chi connectivity index (χ0v) is 16.7. The Kier molecular flexibility index (Phi) is 6.93. The molecular weight excluding hydrogens is 354 g/mol. The number of thioether (sulfide) groups is 1. The van der Waals surface area contributed by atoms with Crippen LogP contribution in [0.4, 0.5) is 0 Å². The second-order valence-electron chi connectivity index (χ2n) is 6.07. The number of ether oxygens (including phenoxy) is 1. The summed E-state index contributed by atoms with van der Waals surface area (Å²) in [4.78, 5) is 1.45. The predicted octanol–water partition coefficient (Wildman–Crippen LogP) is 4.20. The number of nitrogens with one attached hydrogen (secondary N) is 1. The van der Waals surface area contributed by atoms with Crippen LogP contribution in [0, 0.1) is 6.92 Å². The van der Waals surface area contributed by atoms with Crippen LogP contribution >= 0.6 is 11.8 Å². The molecule has 136 valence electrons. The summed E-state index contributed by atoms with van der Waals surface area (Å²) in [6.07, 6.45) is 0. The van der Waals surface area contributed by atoms with Gasteiger partial charge >= 0.3 is 0 Å². The highest BCUT2D eigenvalue weighted by molar-refractivity contribution is 7.99. The van der Waals surface area contributed by atoms with E-state index in [9.17, 15) is 8.42 Å². The number of hydrogen-bond acceptors (Lipinski definition) is 4. The van der Waals surface area contributed by atoms with E-state index in [-0.39, 0.29) is 5.92 Å². The summed E-state index contributed by atoms with van der Waals surface area (Å²) < 4.78 is 33.4. The zero-order valence-electron chi connectivity index (χ0n) is 15.1. The number of rotatable bonds is 8. The van der Waals surface area contributed by atoms with Gasteiger partial charge in [-0.05, 0) is 48.2 Å². The SMILES string of the molecule is COc1cc(C)c(S(=O)(=O)NCCSc2ccccc2)cc1C(C)C. The molecule has 0 aromatic heterocycles. The third-order valence-electron chi connectivity index (χ3n) is 3.84. The zero-order chi connectivity index (χ0) is 18.4. The molecule has 0 amide bonds. The quantitative estimate of drug-likeness (QED) is 0.552. The van der Waals surface area contributed by atoms with Crippen molar-refractivity contribution < 1.29 is 13.2 Å². The van der Waals surface area contributed by atoms with E-state index < -0.39 is 10.0 Å². The van der Waals surface area contributed by atoms with E-state index in [1.54, 1.807) is 37.9 Å². The minimum absolute atomic E-state index is 0.179. The fourth-order valence-corrected chi connectivity index (χ4v) is 4.74. The number of benzene rings is 2. The summed E-state index contributed by atoms with van der Waals surface area (Å²) in [5.41, 5.74) is 1.58. The number of methoxy groups -OCH3 is 1. The maximum absolute atomic E-state index is 12.7. The average molecular weight is 380 g/mol. The van der Waals surface area contributed by atoms with Gasteiger partial charge in [0.25, 0.3) is 0 Å². The Morgan fingerprint density at radius 3 is 2.44 bits per heavy atom. The Balaban J connectivity index is 2.09. The molecule has 0 aliphatic carbocycles. The molecule has 0 aliphatic heterocycles. The summed E-state index contributed by atoms with van der Waals surface area (Å²) >= 11 is 1.63. The lowest BCUT2D eigenvalue weighted by molar-refractivity contribution is 0.406. The maximum atomic E-state index is 12.7. The van der Waals surface area contributed by atoms with Crippen LogP contribution in [0.15, 0.2) is 52.3 Å². The second-order valence-corrected chi connectivity index (χ2v) is 8.98. The first kappa shape index (κ1) is 19.8. The lowest BCUT2D eigenvalue weighted by Crippen LogP contribution is -2.27. The highest BCUT2D eigenvalue weighted by atomic mass is 32.2. The van der Waals surface area contributed by atoms with Crippen molar-refractivity contribution in [1.29, 1.82) is 0 Å². The fraction of sp³-hybridized carbons (Fsp3) is 0.368. The minimum Gasteiger partial charge on any atom is -0.496 e. The first-order valence-electron chi connectivity index (χ1n) is 8.21. The molecule has 0 radical (unpaired) electrons. The van der Waals surface area contributed by atoms with Gasteiger partial charge in [0.05, 0.1) is 12.0 Å². The highest BCUT2D eigenvalue weighted by Gasteiger charge is 2.20. The van der Waals surface area contributed by atoms with Crippen LogP contribution in [0.3, 0.4) is 0 Å². The highest BCUT2D eigenvalue weighted by Crippen LogP contribution is 2.31. The molecule has 2 rings (SSSR count). The van der Waals surface area contributed by atoms with Crippen molar-refractivity contribution in [3.8, 4) is 5.75 Å². The van der Waals surface area contributed by atoms with Crippen LogP contribution in [0.5, 0.6) is 5.75 Å². The summed E-state index contributed by atoms with van der Waals surface area (Å²) in [5.74, 6) is 1.58. The van der Waals surface area contributed by atoms with Crippen LogP contribution in [0.1, 0.15) is 30.9 Å². The fourth-order valence-electron chi connectivity index (χ4n) is 2.53. The van der Waals surface area contributed by atoms with Gasteiger partial charge in [0.2, 0.25) is 10.0 Å². The summed E-state index contributed by atoms with van der Waals surface area (Å²) in [6.45, 7) is 6.21. The standard InChI is InChI=1S/C19H25NO3S2/c1-14(2)17-13-19(15(3)12-18(17)23-4)25(21,22)20-10-11-24-16-8-6-5-7-9-16/h5-9,12-14,20H,10-11H2,1-4H3. The van der Waals surface area contributed by atoms with Crippen LogP contribution in [0.25, 0.3) is 0 Å². The number of aryl methyl sites for hydroxylation is 1. The molecule has 1 N–H and O–H groups in total. The molecular formula is C19H25NO3S2. The number of sulfonamides is 1. The lowest BCUT2D eigenvalue weighted by Gasteiger charge is -2.16. The Hall–Kier alpha value is -1.50. The van der Waals surface area contributed by atoms with E-state index in [1.807, 2.05) is 44.2 Å². The van der Waals surface area contributed by atoms with Crippen LogP contribution in [-0.2, 0) is 10.0 Å². The molecule has 25 heavy (non-hydrogen) atoms. The molecule has 0 aliphatic rings. The van der Waals surface area contributed by atoms with Crippen LogP contribution in [-0.4, -0.2) is 27.8 Å². The molecule has 0 unspecified atom stereocenters. The van der Waals surface area contributed by atoms with Crippen molar-refractivity contribution in [2.75, 3.05) is 19.4 Å². The third-order valence-corrected chi connectivity index (χ3v) is 6.46. The number of hydrogen-bond donors (Lipinski definition) is 1. The van der Waals surface area contributed by atoms with Gasteiger partial charge in [0, 0.05) is 17.2 Å². The molecule has 2 aromatic carbocycles. The summed E-state index contributed by atoms with van der Waals surface area (Å²) in [5, 5.41) is 0. The van der Waals surface area contributed by atoms with E-state index in [0.29, 0.717) is 22.8 Å². The van der Waals surface area contributed by atoms with Gasteiger partial charge in [-0.2, -0.15) is 0 Å². The second kappa shape index (κ2) is 8.74. The minimum atomic E-state index is -3.55. The molecule has 2 aromatic rings. The topological polar surface area (TPSA) is 55.4 Å². The van der Waals surface area contributed by atoms with E-state index in [4.69, 9.17) is 4.74 Å². The van der Waals surface area contributed by atoms with Crippen molar-refractivity contribution in [3.05, 3.63) is 53.6 Å². The third kappa shape index (κ3) is 5.23. The monoisotopic (exact) mass is 379 g/mol. The molecule has 0 saturated heterocycles. The van der Waals surface area contributed by atoms with Crippen LogP contribution in [0.2, 0.25) is 0 Å². The van der Waals surface area contributed by atoms with E-state index in [2.05, 4.69) is 4.72 Å². The van der Waals surface area contributed by atoms with Gasteiger partial charge in [-0.25, -0.2) is 13.1 Å². The maximum Gasteiger partial charge on any atom is 0.240 e. The summed E-state index contributed by atoms with van der Waals surface area (Å²) in [6, 6.07) is 13.5. The van der Waals surface area contributed by atoms with Crippen molar-refractivity contribution >= 4 is 21.8 Å². The molecule has 4 nitrogen and oxygen atoms in total. The van der Waals surface area contributed by atoms with Gasteiger partial charge < -0.3 is 4.74 Å². The average Bonchev–Trinajstić information content (AvgIpc) is 2.58. The van der Waals surface area contributed by atoms with Crippen molar-refractivity contribution in [1.82, 2.24) is 4.72 Å². The first-order valence-corrected chi connectivity index (χ1v) is 10.7. The smallest absolute Gasteiger partial charge is 0.240 e. The van der Waals surface area contributed by atoms with Crippen molar-refractivity contribution in [2.24, 2.45) is 0 Å². The predicted molar refractivity (Wildman–Crippen MR) is 104 cm³/mol. The Morgan fingerprint density at radius 2 is 1.84 bits per heavy atom. The van der Waals surface area contributed by atoms with Gasteiger partial charge in [-0.1, -0.05) is 32.0 Å². The van der Waals surface area contributed by atoms with Gasteiger partial charge in [0.15, 0.2) is 0 Å². The molecule has 0 bridgehead atoms. The van der Waals surface area contributed by atoms with Crippen LogP contribution < -0.4 is 9.46 Å². The van der Waals surface area contributed by atoms with E-state index >= 15 is 0 Å². The molecule has 6 heteroatoms. The first-order chi connectivity index (χ1) is 11.8. The lowest BCUT2D eigenvalue weighted by atomic mass is 10.0. The van der Waals surface area contributed by atoms with Crippen molar-refractivity contribution in [2.45, 2.75) is 36.5 Å². The Bertz CT molecular complexity index is 803. The van der Waals surface area contributed by atoms with E-state index in [0.717, 1.165) is 16.2 Å². The van der Waals surface area contributed by atoms with Gasteiger partial charge in [-0.15, -0.1) is 11.8 Å². The largest absolute Gasteiger partial charge is 0.496 e. The van der Waals surface area contributed by atoms with Gasteiger partial charge in [0.1, 0.15) is 5.75 Å². The Morgan fingerprint density at radius 1 is 1.16 bits per heavy atom. The summed E-state index contributed by atoms with van der Waals surface area (Å²) in [7, 11) is -1.94. The normalized spacial score (nSPS) is 11.7. The Labute approximate surface area is 155 Å². The molecule has 0 heterocycles. The molecule has 0 spiro atoms. The van der Waals surface area contributed by atoms with E-state index in [1.165, 1.54) is 0 Å². The molecule has 0 saturated carbocycles. The van der Waals surface area contributed by atoms with Gasteiger partial charge in [-0.3, -0.25) is 0 Å².